The average Bonchev–Trinajstić information content (AvgIpc) is 2.32. The third-order valence-corrected chi connectivity index (χ3v) is 3.41. The van der Waals surface area contributed by atoms with Crippen molar-refractivity contribution in [3.05, 3.63) is 39.1 Å². The quantitative estimate of drug-likeness (QED) is 0.877. The van der Waals surface area contributed by atoms with Crippen LogP contribution in [0.5, 0.6) is 0 Å². The summed E-state index contributed by atoms with van der Waals surface area (Å²) in [6, 6.07) is 3.46. The van der Waals surface area contributed by atoms with Crippen molar-refractivity contribution in [1.29, 1.82) is 0 Å². The smallest absolute Gasteiger partial charge is 0.154 e. The van der Waals surface area contributed by atoms with Crippen LogP contribution in [0.15, 0.2) is 18.5 Å². The average molecular weight is 304 g/mol. The van der Waals surface area contributed by atoms with Crippen molar-refractivity contribution in [3.8, 4) is 0 Å². The lowest BCUT2D eigenvalue weighted by Gasteiger charge is -2.11. The molecule has 2 rings (SSSR count). The van der Waals surface area contributed by atoms with Crippen molar-refractivity contribution in [2.24, 2.45) is 0 Å². The molecular formula is C11H9Cl3N4. The molecule has 0 amide bonds. The van der Waals surface area contributed by atoms with Gasteiger partial charge in [0.15, 0.2) is 5.82 Å². The Kier molecular flexibility index (Phi) is 3.80. The molecular weight excluding hydrogens is 295 g/mol. The second-order valence-corrected chi connectivity index (χ2v) is 4.82. The first kappa shape index (κ1) is 13.2. The summed E-state index contributed by atoms with van der Waals surface area (Å²) in [7, 11) is 0. The number of nitrogen functional groups attached to an aromatic ring is 1. The molecule has 4 nitrogen and oxygen atoms in total. The second kappa shape index (κ2) is 5.18. The molecule has 0 unspecified atom stereocenters. The van der Waals surface area contributed by atoms with Crippen LogP contribution in [-0.4, -0.2) is 9.97 Å². The molecule has 0 radical (unpaired) electrons. The van der Waals surface area contributed by atoms with Crippen LogP contribution in [0, 0.1) is 6.92 Å². The molecule has 0 aliphatic carbocycles. The fourth-order valence-corrected chi connectivity index (χ4v) is 1.91. The highest BCUT2D eigenvalue weighted by molar-refractivity contribution is 6.37. The van der Waals surface area contributed by atoms with Crippen LogP contribution in [0.4, 0.5) is 17.3 Å². The molecule has 0 aliphatic heterocycles. The third kappa shape index (κ3) is 2.61. The van der Waals surface area contributed by atoms with Crippen LogP contribution in [0.25, 0.3) is 0 Å². The number of benzene rings is 1. The number of halogens is 3. The molecule has 0 saturated heterocycles. The van der Waals surface area contributed by atoms with Gasteiger partial charge in [0.1, 0.15) is 17.2 Å². The minimum Gasteiger partial charge on any atom is -0.382 e. The first-order chi connectivity index (χ1) is 8.49. The summed E-state index contributed by atoms with van der Waals surface area (Å²) in [4.78, 5) is 7.76. The fraction of sp³-hybridized carbons (Fsp3) is 0.0909. The Morgan fingerprint density at radius 1 is 1.11 bits per heavy atom. The molecule has 2 aromatic rings. The molecule has 0 saturated carbocycles. The number of hydrogen-bond acceptors (Lipinski definition) is 4. The Balaban J connectivity index is 2.40. The zero-order valence-corrected chi connectivity index (χ0v) is 11.6. The lowest BCUT2D eigenvalue weighted by molar-refractivity contribution is 1.18. The highest BCUT2D eigenvalue weighted by atomic mass is 35.5. The monoisotopic (exact) mass is 302 g/mol. The van der Waals surface area contributed by atoms with Gasteiger partial charge in [-0.25, -0.2) is 9.97 Å². The van der Waals surface area contributed by atoms with Crippen LogP contribution in [-0.2, 0) is 0 Å². The van der Waals surface area contributed by atoms with Crippen molar-refractivity contribution in [3.63, 3.8) is 0 Å². The zero-order valence-electron chi connectivity index (χ0n) is 9.34. The predicted octanol–water partition coefficient (Wildman–Crippen LogP) is 4.07. The van der Waals surface area contributed by atoms with Crippen LogP contribution >= 0.6 is 34.8 Å². The Hall–Kier alpha value is -1.23. The highest BCUT2D eigenvalue weighted by Gasteiger charge is 2.10. The predicted molar refractivity (Wildman–Crippen MR) is 75.9 cm³/mol. The van der Waals surface area contributed by atoms with Gasteiger partial charge >= 0.3 is 0 Å². The number of anilines is 3. The summed E-state index contributed by atoms with van der Waals surface area (Å²) in [6.07, 6.45) is 1.31. The Labute approximate surface area is 119 Å². The maximum absolute atomic E-state index is 6.10. The van der Waals surface area contributed by atoms with Crippen LogP contribution < -0.4 is 11.1 Å². The Bertz CT molecular complexity index is 601. The SMILES string of the molecule is Cc1cc(Cl)c(Nc2ncnc(N)c2Cl)cc1Cl. The number of nitrogens with zero attached hydrogens (tertiary/aromatic N) is 2. The van der Waals surface area contributed by atoms with Gasteiger partial charge in [0, 0.05) is 5.02 Å². The molecule has 7 heteroatoms. The largest absolute Gasteiger partial charge is 0.382 e. The van der Waals surface area contributed by atoms with E-state index in [0.717, 1.165) is 5.56 Å². The Morgan fingerprint density at radius 2 is 1.83 bits per heavy atom. The lowest BCUT2D eigenvalue weighted by Crippen LogP contribution is -2.00. The summed E-state index contributed by atoms with van der Waals surface area (Å²) < 4.78 is 0. The molecule has 3 N–H and O–H groups in total. The van der Waals surface area contributed by atoms with E-state index in [4.69, 9.17) is 40.5 Å². The number of aryl methyl sites for hydroxylation is 1. The number of hydrogen-bond donors (Lipinski definition) is 2. The van der Waals surface area contributed by atoms with E-state index in [1.807, 2.05) is 6.92 Å². The van der Waals surface area contributed by atoms with Crippen molar-refractivity contribution in [2.75, 3.05) is 11.1 Å². The number of aromatic nitrogens is 2. The van der Waals surface area contributed by atoms with E-state index < -0.39 is 0 Å². The van der Waals surface area contributed by atoms with E-state index in [1.54, 1.807) is 12.1 Å². The zero-order chi connectivity index (χ0) is 13.3. The number of nitrogens with one attached hydrogen (secondary N) is 1. The van der Waals surface area contributed by atoms with Crippen molar-refractivity contribution >= 4 is 52.1 Å². The van der Waals surface area contributed by atoms with Crippen molar-refractivity contribution in [1.82, 2.24) is 9.97 Å². The van der Waals surface area contributed by atoms with E-state index in [-0.39, 0.29) is 10.8 Å². The summed E-state index contributed by atoms with van der Waals surface area (Å²) in [5.74, 6) is 0.578. The topological polar surface area (TPSA) is 63.8 Å². The summed E-state index contributed by atoms with van der Waals surface area (Å²) in [5, 5.41) is 4.33. The van der Waals surface area contributed by atoms with Crippen molar-refractivity contribution < 1.29 is 0 Å². The first-order valence-electron chi connectivity index (χ1n) is 4.97. The minimum absolute atomic E-state index is 0.198. The van der Waals surface area contributed by atoms with Crippen LogP contribution in [0.3, 0.4) is 0 Å². The number of nitrogens with two attached hydrogens (primary N) is 1. The van der Waals surface area contributed by atoms with Gasteiger partial charge in [-0.1, -0.05) is 34.8 Å². The lowest BCUT2D eigenvalue weighted by atomic mass is 10.2. The first-order valence-corrected chi connectivity index (χ1v) is 6.11. The maximum atomic E-state index is 6.10. The molecule has 1 aromatic carbocycles. The molecule has 0 fully saturated rings. The van der Waals surface area contributed by atoms with Gasteiger partial charge < -0.3 is 11.1 Å². The molecule has 18 heavy (non-hydrogen) atoms. The van der Waals surface area contributed by atoms with Gasteiger partial charge in [-0.05, 0) is 24.6 Å². The van der Waals surface area contributed by atoms with E-state index in [0.29, 0.717) is 21.6 Å². The van der Waals surface area contributed by atoms with E-state index in [2.05, 4.69) is 15.3 Å². The summed E-state index contributed by atoms with van der Waals surface area (Å²) in [5.41, 5.74) is 7.08. The molecule has 0 atom stereocenters. The maximum Gasteiger partial charge on any atom is 0.154 e. The fourth-order valence-electron chi connectivity index (χ4n) is 1.34. The molecule has 0 aliphatic rings. The van der Waals surface area contributed by atoms with E-state index in [9.17, 15) is 0 Å². The summed E-state index contributed by atoms with van der Waals surface area (Å²) >= 11 is 18.1. The summed E-state index contributed by atoms with van der Waals surface area (Å²) in [6.45, 7) is 1.87. The normalized spacial score (nSPS) is 10.4. The van der Waals surface area contributed by atoms with Gasteiger partial charge in [0.2, 0.25) is 0 Å². The van der Waals surface area contributed by atoms with Gasteiger partial charge in [0.05, 0.1) is 10.7 Å². The van der Waals surface area contributed by atoms with E-state index >= 15 is 0 Å². The minimum atomic E-state index is 0.198. The van der Waals surface area contributed by atoms with Gasteiger partial charge in [-0.3, -0.25) is 0 Å². The van der Waals surface area contributed by atoms with Gasteiger partial charge in [-0.15, -0.1) is 0 Å². The molecule has 94 valence electrons. The van der Waals surface area contributed by atoms with Crippen LogP contribution in [0.2, 0.25) is 15.1 Å². The van der Waals surface area contributed by atoms with E-state index in [1.165, 1.54) is 6.33 Å². The molecule has 1 aromatic heterocycles. The van der Waals surface area contributed by atoms with Gasteiger partial charge in [-0.2, -0.15) is 0 Å². The standard InChI is InChI=1S/C11H9Cl3N4/c1-5-2-7(13)8(3-6(5)12)18-11-9(14)10(15)16-4-17-11/h2-4H,1H3,(H3,15,16,17,18). The highest BCUT2D eigenvalue weighted by Crippen LogP contribution is 2.33. The van der Waals surface area contributed by atoms with Crippen LogP contribution in [0.1, 0.15) is 5.56 Å². The molecule has 0 spiro atoms. The third-order valence-electron chi connectivity index (χ3n) is 2.32. The Morgan fingerprint density at radius 3 is 2.56 bits per heavy atom. The number of rotatable bonds is 2. The molecule has 1 heterocycles. The van der Waals surface area contributed by atoms with Crippen molar-refractivity contribution in [2.45, 2.75) is 6.92 Å². The van der Waals surface area contributed by atoms with Gasteiger partial charge in [0.25, 0.3) is 0 Å². The second-order valence-electron chi connectivity index (χ2n) is 3.63. The molecule has 0 bridgehead atoms.